The number of nitrogens with two attached hydrogens (primary N) is 1. The van der Waals surface area contributed by atoms with Gasteiger partial charge in [0, 0.05) is 17.5 Å². The van der Waals surface area contributed by atoms with E-state index in [0.717, 1.165) is 17.7 Å². The number of benzene rings is 1. The van der Waals surface area contributed by atoms with Gasteiger partial charge in [0.25, 0.3) is 0 Å². The van der Waals surface area contributed by atoms with Gasteiger partial charge in [0.2, 0.25) is 0 Å². The van der Waals surface area contributed by atoms with Crippen LogP contribution < -0.4 is 5.73 Å². The number of nitrogen functional groups attached to an aromatic ring is 1. The van der Waals surface area contributed by atoms with Crippen LogP contribution in [0.15, 0.2) is 24.3 Å². The highest BCUT2D eigenvalue weighted by atomic mass is 16.1. The van der Waals surface area contributed by atoms with Gasteiger partial charge in [-0.15, -0.1) is 0 Å². The van der Waals surface area contributed by atoms with Gasteiger partial charge < -0.3 is 5.73 Å². The van der Waals surface area contributed by atoms with Crippen molar-refractivity contribution in [2.45, 2.75) is 46.0 Å². The summed E-state index contributed by atoms with van der Waals surface area (Å²) in [6.07, 6.45) is 1.60. The van der Waals surface area contributed by atoms with E-state index in [-0.39, 0.29) is 0 Å². The molecular weight excluding hydrogens is 210 g/mol. The molecule has 0 saturated heterocycles. The van der Waals surface area contributed by atoms with Crippen LogP contribution in [0.2, 0.25) is 0 Å². The molecule has 2 heteroatoms. The highest BCUT2D eigenvalue weighted by molar-refractivity contribution is 5.89. The van der Waals surface area contributed by atoms with Crippen LogP contribution >= 0.6 is 0 Å². The van der Waals surface area contributed by atoms with E-state index in [1.54, 1.807) is 0 Å². The second-order valence-corrected chi connectivity index (χ2v) is 5.60. The maximum atomic E-state index is 12.2. The van der Waals surface area contributed by atoms with E-state index < -0.39 is 5.41 Å². The summed E-state index contributed by atoms with van der Waals surface area (Å²) >= 11 is 0. The molecule has 2 N–H and O–H groups in total. The molecule has 0 bridgehead atoms. The fourth-order valence-corrected chi connectivity index (χ4v) is 1.79. The number of Topliss-reactive ketones (excluding diaryl/α,β-unsaturated/α-hetero) is 1. The lowest BCUT2D eigenvalue weighted by molar-refractivity contribution is -0.123. The Morgan fingerprint density at radius 1 is 1.24 bits per heavy atom. The molecule has 17 heavy (non-hydrogen) atoms. The highest BCUT2D eigenvalue weighted by Crippen LogP contribution is 2.27. The van der Waals surface area contributed by atoms with Crippen molar-refractivity contribution < 1.29 is 4.79 Å². The van der Waals surface area contributed by atoms with E-state index >= 15 is 0 Å². The van der Waals surface area contributed by atoms with E-state index in [4.69, 9.17) is 5.73 Å². The molecule has 0 aliphatic carbocycles. The summed E-state index contributed by atoms with van der Waals surface area (Å²) in [6.45, 7) is 8.26. The minimum Gasteiger partial charge on any atom is -0.399 e. The van der Waals surface area contributed by atoms with Gasteiger partial charge in [0.1, 0.15) is 5.78 Å². The Kier molecular flexibility index (Phi) is 4.33. The van der Waals surface area contributed by atoms with Gasteiger partial charge in [-0.05, 0) is 43.9 Å². The van der Waals surface area contributed by atoms with Gasteiger partial charge >= 0.3 is 0 Å². The molecular formula is C15H23NO. The average Bonchev–Trinajstić information content (AvgIpc) is 2.26. The standard InChI is InChI=1S/C15H23NO/c1-11(2)5-10-14(17)15(3,4)12-6-8-13(16)9-7-12/h6-9,11H,5,10,16H2,1-4H3. The first-order valence-corrected chi connectivity index (χ1v) is 6.23. The first kappa shape index (κ1) is 13.8. The molecule has 0 spiro atoms. The fourth-order valence-electron chi connectivity index (χ4n) is 1.79. The lowest BCUT2D eigenvalue weighted by atomic mass is 9.78. The SMILES string of the molecule is CC(C)CCC(=O)C(C)(C)c1ccc(N)cc1. The van der Waals surface area contributed by atoms with Gasteiger partial charge in [0.05, 0.1) is 0 Å². The van der Waals surface area contributed by atoms with E-state index in [2.05, 4.69) is 13.8 Å². The molecule has 0 aromatic heterocycles. The van der Waals surface area contributed by atoms with Gasteiger partial charge in [-0.25, -0.2) is 0 Å². The van der Waals surface area contributed by atoms with E-state index in [1.807, 2.05) is 38.1 Å². The number of ketones is 1. The van der Waals surface area contributed by atoms with E-state index in [0.29, 0.717) is 18.1 Å². The van der Waals surface area contributed by atoms with Gasteiger partial charge in [-0.2, -0.15) is 0 Å². The zero-order valence-electron chi connectivity index (χ0n) is 11.3. The molecule has 2 nitrogen and oxygen atoms in total. The normalized spacial score (nSPS) is 11.8. The number of rotatable bonds is 5. The Morgan fingerprint density at radius 3 is 2.24 bits per heavy atom. The third-order valence-electron chi connectivity index (χ3n) is 3.28. The zero-order chi connectivity index (χ0) is 13.1. The smallest absolute Gasteiger partial charge is 0.142 e. The molecule has 1 rings (SSSR count). The van der Waals surface area contributed by atoms with Gasteiger partial charge in [0.15, 0.2) is 0 Å². The second kappa shape index (κ2) is 5.35. The van der Waals surface area contributed by atoms with Crippen LogP contribution in [0, 0.1) is 5.92 Å². The van der Waals surface area contributed by atoms with Crippen LogP contribution in [0.4, 0.5) is 5.69 Å². The Balaban J connectivity index is 2.79. The summed E-state index contributed by atoms with van der Waals surface area (Å²) in [5.74, 6) is 0.872. The largest absolute Gasteiger partial charge is 0.399 e. The minimum absolute atomic E-state index is 0.302. The lowest BCUT2D eigenvalue weighted by Crippen LogP contribution is -2.29. The molecule has 0 saturated carbocycles. The zero-order valence-corrected chi connectivity index (χ0v) is 11.3. The minimum atomic E-state index is -0.414. The topological polar surface area (TPSA) is 43.1 Å². The summed E-state index contributed by atoms with van der Waals surface area (Å²) in [6, 6.07) is 7.60. The number of carbonyl (C=O) groups excluding carboxylic acids is 1. The average molecular weight is 233 g/mol. The molecule has 0 amide bonds. The lowest BCUT2D eigenvalue weighted by Gasteiger charge is -2.24. The molecule has 0 radical (unpaired) electrons. The highest BCUT2D eigenvalue weighted by Gasteiger charge is 2.28. The molecule has 0 heterocycles. The van der Waals surface area contributed by atoms with Crippen molar-refractivity contribution in [3.8, 4) is 0 Å². The summed E-state index contributed by atoms with van der Waals surface area (Å²) in [7, 11) is 0. The van der Waals surface area contributed by atoms with Crippen LogP contribution in [-0.4, -0.2) is 5.78 Å². The van der Waals surface area contributed by atoms with Crippen molar-refractivity contribution in [1.82, 2.24) is 0 Å². The maximum Gasteiger partial charge on any atom is 0.142 e. The van der Waals surface area contributed by atoms with Crippen LogP contribution in [0.25, 0.3) is 0 Å². The fraction of sp³-hybridized carbons (Fsp3) is 0.533. The Labute approximate surface area is 104 Å². The molecule has 94 valence electrons. The molecule has 0 unspecified atom stereocenters. The number of hydrogen-bond donors (Lipinski definition) is 1. The molecule has 0 atom stereocenters. The van der Waals surface area contributed by atoms with Crippen LogP contribution in [0.5, 0.6) is 0 Å². The predicted molar refractivity (Wildman–Crippen MR) is 73.0 cm³/mol. The first-order valence-electron chi connectivity index (χ1n) is 6.23. The maximum absolute atomic E-state index is 12.2. The van der Waals surface area contributed by atoms with Crippen molar-refractivity contribution in [1.29, 1.82) is 0 Å². The second-order valence-electron chi connectivity index (χ2n) is 5.60. The summed E-state index contributed by atoms with van der Waals surface area (Å²) < 4.78 is 0. The summed E-state index contributed by atoms with van der Waals surface area (Å²) in [4.78, 5) is 12.2. The number of carbonyl (C=O) groups is 1. The Bertz CT molecular complexity index is 376. The number of hydrogen-bond acceptors (Lipinski definition) is 2. The van der Waals surface area contributed by atoms with E-state index in [1.165, 1.54) is 0 Å². The van der Waals surface area contributed by atoms with Crippen molar-refractivity contribution in [2.75, 3.05) is 5.73 Å². The van der Waals surface area contributed by atoms with Gasteiger partial charge in [-0.1, -0.05) is 26.0 Å². The van der Waals surface area contributed by atoms with Gasteiger partial charge in [-0.3, -0.25) is 4.79 Å². The van der Waals surface area contributed by atoms with Crippen LogP contribution in [0.1, 0.15) is 46.1 Å². The van der Waals surface area contributed by atoms with Crippen LogP contribution in [-0.2, 0) is 10.2 Å². The summed E-state index contributed by atoms with van der Waals surface area (Å²) in [5.41, 5.74) is 7.02. The van der Waals surface area contributed by atoms with Crippen LogP contribution in [0.3, 0.4) is 0 Å². The van der Waals surface area contributed by atoms with Crippen molar-refractivity contribution in [2.24, 2.45) is 5.92 Å². The van der Waals surface area contributed by atoms with Crippen molar-refractivity contribution in [3.05, 3.63) is 29.8 Å². The molecule has 0 aliphatic heterocycles. The molecule has 0 fully saturated rings. The Morgan fingerprint density at radius 2 is 1.76 bits per heavy atom. The number of anilines is 1. The summed E-state index contributed by atoms with van der Waals surface area (Å²) in [5, 5.41) is 0. The Hall–Kier alpha value is -1.31. The van der Waals surface area contributed by atoms with Crippen molar-refractivity contribution in [3.63, 3.8) is 0 Å². The quantitative estimate of drug-likeness (QED) is 0.790. The third kappa shape index (κ3) is 3.58. The predicted octanol–water partition coefficient (Wildman–Crippen LogP) is 3.55. The van der Waals surface area contributed by atoms with Crippen molar-refractivity contribution >= 4 is 11.5 Å². The molecule has 1 aromatic carbocycles. The van der Waals surface area contributed by atoms with E-state index in [9.17, 15) is 4.79 Å². The first-order chi connectivity index (χ1) is 7.84. The third-order valence-corrected chi connectivity index (χ3v) is 3.28. The monoisotopic (exact) mass is 233 g/mol. The molecule has 0 aliphatic rings. The molecule has 1 aromatic rings.